The molecule has 1 amide bonds. The first-order chi connectivity index (χ1) is 10.6. The summed E-state index contributed by atoms with van der Waals surface area (Å²) in [6.07, 6.45) is -0.242. The second kappa shape index (κ2) is 6.56. The molecule has 2 aromatic rings. The zero-order chi connectivity index (χ0) is 15.5. The van der Waals surface area contributed by atoms with Crippen LogP contribution in [0.3, 0.4) is 0 Å². The Morgan fingerprint density at radius 2 is 2.27 bits per heavy atom. The fourth-order valence-electron chi connectivity index (χ4n) is 2.39. The maximum absolute atomic E-state index is 13.6. The van der Waals surface area contributed by atoms with E-state index in [0.29, 0.717) is 18.1 Å². The number of benzene rings is 1. The van der Waals surface area contributed by atoms with Gasteiger partial charge in [-0.25, -0.2) is 4.39 Å². The third-order valence-corrected chi connectivity index (χ3v) is 4.81. The Balaban J connectivity index is 1.62. The van der Waals surface area contributed by atoms with Crippen molar-refractivity contribution in [3.63, 3.8) is 0 Å². The van der Waals surface area contributed by atoms with Crippen molar-refractivity contribution in [1.82, 2.24) is 5.32 Å². The molecule has 4 nitrogen and oxygen atoms in total. The fourth-order valence-corrected chi connectivity index (χ4v) is 3.46. The summed E-state index contributed by atoms with van der Waals surface area (Å²) in [7, 11) is 0. The number of amides is 1. The second-order valence-electron chi connectivity index (χ2n) is 5.11. The van der Waals surface area contributed by atoms with Crippen LogP contribution in [0.4, 0.5) is 4.39 Å². The van der Waals surface area contributed by atoms with E-state index in [4.69, 9.17) is 4.74 Å². The van der Waals surface area contributed by atoms with Crippen LogP contribution in [0, 0.1) is 5.82 Å². The first-order valence-electron chi connectivity index (χ1n) is 7.05. The molecule has 0 spiro atoms. The fraction of sp³-hybridized carbons (Fsp3) is 0.312. The average molecular weight is 321 g/mol. The standard InChI is InChI=1S/C16H16FNO3S/c17-12-4-2-1-3-11(12)13(19)8-18-16(20)15-7-10-9-21-6-5-14(10)22-15/h1-4,7,13,19H,5-6,8-9H2,(H,18,20). The molecule has 0 aliphatic carbocycles. The summed E-state index contributed by atoms with van der Waals surface area (Å²) in [5, 5.41) is 12.6. The summed E-state index contributed by atoms with van der Waals surface area (Å²) >= 11 is 1.45. The van der Waals surface area contributed by atoms with Gasteiger partial charge in [0.15, 0.2) is 0 Å². The van der Waals surface area contributed by atoms with Crippen molar-refractivity contribution in [1.29, 1.82) is 0 Å². The number of carbonyl (C=O) groups is 1. The number of thiophene rings is 1. The zero-order valence-corrected chi connectivity index (χ0v) is 12.7. The molecule has 3 rings (SSSR count). The van der Waals surface area contributed by atoms with Gasteiger partial charge in [0.05, 0.1) is 24.2 Å². The predicted molar refractivity (Wildman–Crippen MR) is 81.4 cm³/mol. The van der Waals surface area contributed by atoms with Crippen molar-refractivity contribution in [2.75, 3.05) is 13.2 Å². The summed E-state index contributed by atoms with van der Waals surface area (Å²) in [5.74, 6) is -0.734. The summed E-state index contributed by atoms with van der Waals surface area (Å²) < 4.78 is 18.9. The molecule has 1 aromatic heterocycles. The molecule has 0 saturated carbocycles. The van der Waals surface area contributed by atoms with Gasteiger partial charge >= 0.3 is 0 Å². The number of ether oxygens (including phenoxy) is 1. The molecule has 0 radical (unpaired) electrons. The Kier molecular flexibility index (Phi) is 4.52. The van der Waals surface area contributed by atoms with Crippen molar-refractivity contribution in [3.8, 4) is 0 Å². The Hall–Kier alpha value is -1.76. The topological polar surface area (TPSA) is 58.6 Å². The first-order valence-corrected chi connectivity index (χ1v) is 7.87. The Morgan fingerprint density at radius 3 is 3.05 bits per heavy atom. The highest BCUT2D eigenvalue weighted by Crippen LogP contribution is 2.27. The van der Waals surface area contributed by atoms with Gasteiger partial charge in [-0.15, -0.1) is 11.3 Å². The van der Waals surface area contributed by atoms with Gasteiger partial charge in [0.2, 0.25) is 0 Å². The van der Waals surface area contributed by atoms with Crippen LogP contribution in [0.15, 0.2) is 30.3 Å². The highest BCUT2D eigenvalue weighted by atomic mass is 32.1. The number of aliphatic hydroxyl groups is 1. The number of rotatable bonds is 4. The van der Waals surface area contributed by atoms with Crippen molar-refractivity contribution in [2.24, 2.45) is 0 Å². The van der Waals surface area contributed by atoms with Crippen LogP contribution < -0.4 is 5.32 Å². The van der Waals surface area contributed by atoms with Gasteiger partial charge in [0.25, 0.3) is 5.91 Å². The van der Waals surface area contributed by atoms with Gasteiger partial charge < -0.3 is 15.2 Å². The van der Waals surface area contributed by atoms with E-state index >= 15 is 0 Å². The second-order valence-corrected chi connectivity index (χ2v) is 6.25. The summed E-state index contributed by atoms with van der Waals surface area (Å²) in [4.78, 5) is 13.9. The van der Waals surface area contributed by atoms with E-state index in [1.807, 2.05) is 6.07 Å². The van der Waals surface area contributed by atoms with Crippen molar-refractivity contribution < 1.29 is 19.0 Å². The summed E-state index contributed by atoms with van der Waals surface area (Å²) in [6, 6.07) is 7.82. The van der Waals surface area contributed by atoms with E-state index in [9.17, 15) is 14.3 Å². The lowest BCUT2D eigenvalue weighted by Gasteiger charge is -2.12. The lowest BCUT2D eigenvalue weighted by molar-refractivity contribution is 0.0917. The van der Waals surface area contributed by atoms with E-state index < -0.39 is 11.9 Å². The van der Waals surface area contributed by atoms with Crippen LogP contribution >= 0.6 is 11.3 Å². The van der Waals surface area contributed by atoms with Gasteiger partial charge in [-0.05, 0) is 17.7 Å². The monoisotopic (exact) mass is 321 g/mol. The van der Waals surface area contributed by atoms with Crippen molar-refractivity contribution in [3.05, 3.63) is 57.0 Å². The Bertz CT molecular complexity index is 662. The molecular formula is C16H16FNO3S. The van der Waals surface area contributed by atoms with E-state index in [1.54, 1.807) is 12.1 Å². The molecule has 2 N–H and O–H groups in total. The van der Waals surface area contributed by atoms with Gasteiger partial charge in [0.1, 0.15) is 5.82 Å². The molecule has 6 heteroatoms. The lowest BCUT2D eigenvalue weighted by Crippen LogP contribution is -2.28. The first kappa shape index (κ1) is 15.1. The average Bonchev–Trinajstić information content (AvgIpc) is 2.97. The number of fused-ring (bicyclic) bond motifs is 1. The van der Waals surface area contributed by atoms with Crippen LogP contribution in [-0.4, -0.2) is 24.2 Å². The third-order valence-electron chi connectivity index (χ3n) is 3.57. The minimum absolute atomic E-state index is 0.0289. The highest BCUT2D eigenvalue weighted by Gasteiger charge is 2.19. The van der Waals surface area contributed by atoms with E-state index in [1.165, 1.54) is 28.3 Å². The van der Waals surface area contributed by atoms with E-state index in [2.05, 4.69) is 5.32 Å². The molecular weight excluding hydrogens is 305 g/mol. The molecule has 1 aliphatic heterocycles. The van der Waals surface area contributed by atoms with Crippen molar-refractivity contribution in [2.45, 2.75) is 19.1 Å². The molecule has 1 aromatic carbocycles. The predicted octanol–water partition coefficient (Wildman–Crippen LogP) is 2.42. The molecule has 0 saturated heterocycles. The number of carbonyl (C=O) groups excluding carboxylic acids is 1. The molecule has 0 fully saturated rings. The van der Waals surface area contributed by atoms with Gasteiger partial charge in [-0.1, -0.05) is 18.2 Å². The van der Waals surface area contributed by atoms with Crippen LogP contribution in [0.25, 0.3) is 0 Å². The number of halogens is 1. The van der Waals surface area contributed by atoms with Crippen molar-refractivity contribution >= 4 is 17.2 Å². The number of hydrogen-bond acceptors (Lipinski definition) is 4. The molecule has 22 heavy (non-hydrogen) atoms. The molecule has 2 heterocycles. The third kappa shape index (κ3) is 3.19. The maximum atomic E-state index is 13.6. The molecule has 1 unspecified atom stereocenters. The summed E-state index contributed by atoms with van der Waals surface area (Å²) in [6.45, 7) is 1.19. The minimum Gasteiger partial charge on any atom is -0.386 e. The van der Waals surface area contributed by atoms with Crippen LogP contribution in [0.1, 0.15) is 31.8 Å². The molecule has 1 aliphatic rings. The minimum atomic E-state index is -1.07. The SMILES string of the molecule is O=C(NCC(O)c1ccccc1F)c1cc2c(s1)CCOC2. The molecule has 116 valence electrons. The Labute approximate surface area is 131 Å². The number of hydrogen-bond donors (Lipinski definition) is 2. The highest BCUT2D eigenvalue weighted by molar-refractivity contribution is 7.14. The largest absolute Gasteiger partial charge is 0.386 e. The van der Waals surface area contributed by atoms with Crippen LogP contribution in [0.2, 0.25) is 0 Å². The van der Waals surface area contributed by atoms with Gasteiger partial charge in [-0.3, -0.25) is 4.79 Å². The maximum Gasteiger partial charge on any atom is 0.261 e. The lowest BCUT2D eigenvalue weighted by atomic mass is 10.1. The number of aliphatic hydroxyl groups excluding tert-OH is 1. The van der Waals surface area contributed by atoms with Crippen LogP contribution in [-0.2, 0) is 17.8 Å². The quantitative estimate of drug-likeness (QED) is 0.909. The zero-order valence-electron chi connectivity index (χ0n) is 11.8. The van der Waals surface area contributed by atoms with Gasteiger partial charge in [-0.2, -0.15) is 0 Å². The van der Waals surface area contributed by atoms with Gasteiger partial charge in [0, 0.05) is 23.4 Å². The smallest absolute Gasteiger partial charge is 0.261 e. The molecule has 1 atom stereocenters. The van der Waals surface area contributed by atoms with Crippen LogP contribution in [0.5, 0.6) is 0 Å². The van der Waals surface area contributed by atoms with E-state index in [-0.39, 0.29) is 18.0 Å². The Morgan fingerprint density at radius 1 is 1.45 bits per heavy atom. The normalized spacial score (nSPS) is 15.2. The molecule has 0 bridgehead atoms. The number of nitrogens with one attached hydrogen (secondary N) is 1. The van der Waals surface area contributed by atoms with E-state index in [0.717, 1.165) is 12.0 Å². The summed E-state index contributed by atoms with van der Waals surface area (Å²) in [5.41, 5.74) is 1.23.